The Morgan fingerprint density at radius 2 is 1.44 bits per heavy atom. The first-order valence-electron chi connectivity index (χ1n) is 8.68. The normalized spacial score (nSPS) is 14.8. The van der Waals surface area contributed by atoms with E-state index in [0.29, 0.717) is 0 Å². The number of fused-ring (bicyclic) bond motifs is 2. The van der Waals surface area contributed by atoms with Crippen molar-refractivity contribution in [3.05, 3.63) is 95.7 Å². The fraction of sp³-hybridized carbons (Fsp3) is 0. The Bertz CT molecular complexity index is 1110. The Morgan fingerprint density at radius 1 is 0.704 bits per heavy atom. The standard InChI is InChI=1S/C23H15BrNOP/c24-23-13-11-17(15-25-23)16-10-12-20-22(14-16)27(18-6-2-1-3-7-18)21-9-5-4-8-19(21)26-20/h1-15H. The van der Waals surface area contributed by atoms with Gasteiger partial charge in [-0.3, -0.25) is 0 Å². The molecule has 1 unspecified atom stereocenters. The lowest BCUT2D eigenvalue weighted by molar-refractivity contribution is 0.488. The van der Waals surface area contributed by atoms with Crippen LogP contribution in [0.1, 0.15) is 0 Å². The Balaban J connectivity index is 1.70. The second-order valence-electron chi connectivity index (χ2n) is 6.29. The maximum Gasteiger partial charge on any atom is 0.135 e. The first-order valence-corrected chi connectivity index (χ1v) is 10.8. The number of pyridine rings is 1. The second-order valence-corrected chi connectivity index (χ2v) is 9.26. The number of benzene rings is 3. The van der Waals surface area contributed by atoms with Gasteiger partial charge in [0, 0.05) is 22.4 Å². The number of hydrogen-bond acceptors (Lipinski definition) is 2. The molecule has 1 aromatic heterocycles. The van der Waals surface area contributed by atoms with E-state index in [1.807, 2.05) is 18.3 Å². The SMILES string of the molecule is Brc1ccc(-c2ccc3c(c2)P(c2ccccc2)c2ccccc2O3)cn1. The highest BCUT2D eigenvalue weighted by Gasteiger charge is 2.28. The zero-order chi connectivity index (χ0) is 18.2. The first kappa shape index (κ1) is 16.7. The first-order chi connectivity index (χ1) is 13.3. The van der Waals surface area contributed by atoms with Gasteiger partial charge in [-0.1, -0.05) is 60.7 Å². The monoisotopic (exact) mass is 431 g/mol. The van der Waals surface area contributed by atoms with E-state index in [9.17, 15) is 0 Å². The molecule has 4 aromatic rings. The summed E-state index contributed by atoms with van der Waals surface area (Å²) in [5, 5.41) is 3.84. The lowest BCUT2D eigenvalue weighted by Crippen LogP contribution is -2.27. The van der Waals surface area contributed by atoms with Crippen LogP contribution in [0, 0.1) is 0 Å². The van der Waals surface area contributed by atoms with Crippen LogP contribution in [0.4, 0.5) is 0 Å². The molecule has 2 nitrogen and oxygen atoms in total. The summed E-state index contributed by atoms with van der Waals surface area (Å²) in [5.74, 6) is 1.90. The van der Waals surface area contributed by atoms with Crippen molar-refractivity contribution in [3.8, 4) is 22.6 Å². The summed E-state index contributed by atoms with van der Waals surface area (Å²) >= 11 is 3.41. The number of ether oxygens (including phenoxy) is 1. The third kappa shape index (κ3) is 3.07. The summed E-state index contributed by atoms with van der Waals surface area (Å²) in [6.07, 6.45) is 1.90. The van der Waals surface area contributed by atoms with Gasteiger partial charge in [0.1, 0.15) is 16.1 Å². The molecule has 0 saturated heterocycles. The molecule has 0 aliphatic carbocycles. The van der Waals surface area contributed by atoms with Crippen molar-refractivity contribution in [2.45, 2.75) is 0 Å². The van der Waals surface area contributed by atoms with Crippen molar-refractivity contribution in [2.75, 3.05) is 0 Å². The minimum absolute atomic E-state index is 0.666. The van der Waals surface area contributed by atoms with Gasteiger partial charge in [0.05, 0.1) is 0 Å². The Kier molecular flexibility index (Phi) is 4.27. The van der Waals surface area contributed by atoms with Crippen molar-refractivity contribution in [1.82, 2.24) is 4.98 Å². The van der Waals surface area contributed by atoms with Gasteiger partial charge in [0.2, 0.25) is 0 Å². The van der Waals surface area contributed by atoms with Crippen LogP contribution in [-0.2, 0) is 0 Å². The molecule has 0 bridgehead atoms. The van der Waals surface area contributed by atoms with Gasteiger partial charge >= 0.3 is 0 Å². The van der Waals surface area contributed by atoms with Gasteiger partial charge in [-0.05, 0) is 59.0 Å². The molecule has 4 heteroatoms. The number of halogens is 1. The molecule has 27 heavy (non-hydrogen) atoms. The predicted molar refractivity (Wildman–Crippen MR) is 116 cm³/mol. The molecule has 0 fully saturated rings. The third-order valence-electron chi connectivity index (χ3n) is 4.60. The Morgan fingerprint density at radius 3 is 2.26 bits per heavy atom. The van der Waals surface area contributed by atoms with Gasteiger partial charge in [0.25, 0.3) is 0 Å². The largest absolute Gasteiger partial charge is 0.456 e. The minimum Gasteiger partial charge on any atom is -0.456 e. The minimum atomic E-state index is -0.666. The molecule has 0 radical (unpaired) electrons. The zero-order valence-electron chi connectivity index (χ0n) is 14.3. The Labute approximate surface area is 167 Å². The molecule has 5 rings (SSSR count). The van der Waals surface area contributed by atoms with Gasteiger partial charge in [-0.2, -0.15) is 0 Å². The smallest absolute Gasteiger partial charge is 0.135 e. The van der Waals surface area contributed by atoms with Crippen LogP contribution in [0.5, 0.6) is 11.5 Å². The lowest BCUT2D eigenvalue weighted by atomic mass is 10.1. The number of rotatable bonds is 2. The van der Waals surface area contributed by atoms with Crippen LogP contribution in [0.15, 0.2) is 95.7 Å². The van der Waals surface area contributed by atoms with Gasteiger partial charge < -0.3 is 4.74 Å². The highest BCUT2D eigenvalue weighted by molar-refractivity contribution is 9.10. The van der Waals surface area contributed by atoms with Crippen molar-refractivity contribution in [2.24, 2.45) is 0 Å². The van der Waals surface area contributed by atoms with Gasteiger partial charge in [-0.25, -0.2) is 4.98 Å². The van der Waals surface area contributed by atoms with Crippen molar-refractivity contribution in [1.29, 1.82) is 0 Å². The van der Waals surface area contributed by atoms with E-state index in [2.05, 4.69) is 93.7 Å². The van der Waals surface area contributed by atoms with Crippen molar-refractivity contribution >= 4 is 39.8 Å². The number of nitrogens with zero attached hydrogens (tertiary/aromatic N) is 1. The molecule has 0 spiro atoms. The summed E-state index contributed by atoms with van der Waals surface area (Å²) in [5.41, 5.74) is 2.25. The van der Waals surface area contributed by atoms with Crippen LogP contribution in [0.25, 0.3) is 11.1 Å². The van der Waals surface area contributed by atoms with E-state index in [4.69, 9.17) is 4.74 Å². The molecule has 0 saturated carbocycles. The lowest BCUT2D eigenvalue weighted by Gasteiger charge is -2.29. The molecular formula is C23H15BrNOP. The molecule has 2 heterocycles. The number of para-hydroxylation sites is 1. The molecule has 0 amide bonds. The van der Waals surface area contributed by atoms with Crippen molar-refractivity contribution in [3.63, 3.8) is 0 Å². The van der Waals surface area contributed by atoms with Crippen LogP contribution < -0.4 is 20.7 Å². The van der Waals surface area contributed by atoms with E-state index in [-0.39, 0.29) is 0 Å². The maximum atomic E-state index is 6.23. The van der Waals surface area contributed by atoms with Crippen LogP contribution in [-0.4, -0.2) is 4.98 Å². The summed E-state index contributed by atoms with van der Waals surface area (Å²) in [6, 6.07) is 29.6. The highest BCUT2D eigenvalue weighted by atomic mass is 79.9. The van der Waals surface area contributed by atoms with E-state index in [1.165, 1.54) is 15.9 Å². The summed E-state index contributed by atoms with van der Waals surface area (Å²) in [7, 11) is -0.666. The molecule has 0 N–H and O–H groups in total. The molecule has 1 aliphatic rings. The molecule has 130 valence electrons. The molecule has 1 aliphatic heterocycles. The summed E-state index contributed by atoms with van der Waals surface area (Å²) in [6.45, 7) is 0. The second kappa shape index (κ2) is 6.92. The van der Waals surface area contributed by atoms with Gasteiger partial charge in [0.15, 0.2) is 0 Å². The third-order valence-corrected chi connectivity index (χ3v) is 7.57. The molecular weight excluding hydrogens is 417 g/mol. The van der Waals surface area contributed by atoms with E-state index in [1.54, 1.807) is 0 Å². The summed E-state index contributed by atoms with van der Waals surface area (Å²) < 4.78 is 7.07. The topological polar surface area (TPSA) is 22.1 Å². The quantitative estimate of drug-likeness (QED) is 0.276. The van der Waals surface area contributed by atoms with Crippen LogP contribution in [0.2, 0.25) is 0 Å². The average Bonchev–Trinajstić information content (AvgIpc) is 2.73. The number of aromatic nitrogens is 1. The van der Waals surface area contributed by atoms with E-state index < -0.39 is 7.92 Å². The average molecular weight is 432 g/mol. The zero-order valence-corrected chi connectivity index (χ0v) is 16.8. The van der Waals surface area contributed by atoms with E-state index >= 15 is 0 Å². The summed E-state index contributed by atoms with van der Waals surface area (Å²) in [4.78, 5) is 4.37. The van der Waals surface area contributed by atoms with Crippen molar-refractivity contribution < 1.29 is 4.74 Å². The fourth-order valence-corrected chi connectivity index (χ4v) is 6.04. The predicted octanol–water partition coefficient (Wildman–Crippen LogP) is 5.38. The highest BCUT2D eigenvalue weighted by Crippen LogP contribution is 2.45. The van der Waals surface area contributed by atoms with Gasteiger partial charge in [-0.15, -0.1) is 0 Å². The van der Waals surface area contributed by atoms with E-state index in [0.717, 1.165) is 27.2 Å². The van der Waals surface area contributed by atoms with Crippen LogP contribution >= 0.6 is 23.9 Å². The molecule has 3 aromatic carbocycles. The fourth-order valence-electron chi connectivity index (χ4n) is 3.34. The Hall–Kier alpha value is -2.48. The molecule has 1 atom stereocenters. The number of hydrogen-bond donors (Lipinski definition) is 0. The van der Waals surface area contributed by atoms with Crippen LogP contribution in [0.3, 0.4) is 0 Å². The maximum absolute atomic E-state index is 6.23.